The molecule has 0 radical (unpaired) electrons. The fraction of sp³-hybridized carbons (Fsp3) is 0.250. The summed E-state index contributed by atoms with van der Waals surface area (Å²) in [4.78, 5) is 0. The molecular weight excluding hydrogens is 178 g/mol. The van der Waals surface area contributed by atoms with Crippen molar-refractivity contribution in [3.05, 3.63) is 23.8 Å². The zero-order chi connectivity index (χ0) is 8.43. The van der Waals surface area contributed by atoms with Gasteiger partial charge in [-0.15, -0.1) is 12.4 Å². The molecule has 0 aliphatic carbocycles. The van der Waals surface area contributed by atoms with Gasteiger partial charge in [0.1, 0.15) is 11.5 Å². The fourth-order valence-corrected chi connectivity index (χ4v) is 0.881. The molecule has 1 atom stereocenters. The average Bonchev–Trinajstić information content (AvgIpc) is 1.85. The SMILES string of the molecule is C[C@@H](N)c1cc(O)cc(O)c1.Cl. The van der Waals surface area contributed by atoms with Crippen LogP contribution >= 0.6 is 12.4 Å². The van der Waals surface area contributed by atoms with Crippen molar-refractivity contribution in [2.75, 3.05) is 0 Å². The normalized spacial score (nSPS) is 11.8. The van der Waals surface area contributed by atoms with E-state index in [0.717, 1.165) is 5.56 Å². The first-order valence-electron chi connectivity index (χ1n) is 3.38. The summed E-state index contributed by atoms with van der Waals surface area (Å²) in [6, 6.07) is 4.16. The summed E-state index contributed by atoms with van der Waals surface area (Å²) in [7, 11) is 0. The molecule has 1 aromatic carbocycles. The molecule has 0 bridgehead atoms. The number of aromatic hydroxyl groups is 2. The zero-order valence-electron chi connectivity index (χ0n) is 6.69. The summed E-state index contributed by atoms with van der Waals surface area (Å²) in [6.07, 6.45) is 0. The van der Waals surface area contributed by atoms with Gasteiger partial charge in [-0.3, -0.25) is 0 Å². The Morgan fingerprint density at radius 2 is 1.58 bits per heavy atom. The van der Waals surface area contributed by atoms with Crippen molar-refractivity contribution in [3.8, 4) is 11.5 Å². The third-order valence-electron chi connectivity index (χ3n) is 1.45. The molecule has 0 aliphatic heterocycles. The molecule has 4 heteroatoms. The molecule has 0 amide bonds. The van der Waals surface area contributed by atoms with E-state index in [0.29, 0.717) is 0 Å². The molecule has 0 saturated carbocycles. The second-order valence-electron chi connectivity index (χ2n) is 2.57. The van der Waals surface area contributed by atoms with Gasteiger partial charge >= 0.3 is 0 Å². The van der Waals surface area contributed by atoms with Crippen LogP contribution < -0.4 is 5.73 Å². The van der Waals surface area contributed by atoms with Crippen LogP contribution in [0.5, 0.6) is 11.5 Å². The van der Waals surface area contributed by atoms with Gasteiger partial charge in [-0.25, -0.2) is 0 Å². The Balaban J connectivity index is 0.00000121. The second-order valence-corrected chi connectivity index (χ2v) is 2.57. The Kier molecular flexibility index (Phi) is 3.86. The number of benzene rings is 1. The number of rotatable bonds is 1. The summed E-state index contributed by atoms with van der Waals surface area (Å²) in [5.41, 5.74) is 6.25. The lowest BCUT2D eigenvalue weighted by atomic mass is 10.1. The van der Waals surface area contributed by atoms with E-state index < -0.39 is 0 Å². The van der Waals surface area contributed by atoms with E-state index in [-0.39, 0.29) is 29.9 Å². The maximum Gasteiger partial charge on any atom is 0.119 e. The fourth-order valence-electron chi connectivity index (χ4n) is 0.881. The molecule has 0 fully saturated rings. The van der Waals surface area contributed by atoms with E-state index in [4.69, 9.17) is 15.9 Å². The molecule has 68 valence electrons. The molecule has 0 aliphatic rings. The van der Waals surface area contributed by atoms with Gasteiger partial charge in [0.25, 0.3) is 0 Å². The molecule has 0 heterocycles. The van der Waals surface area contributed by atoms with Gasteiger partial charge in [0.05, 0.1) is 0 Å². The Labute approximate surface area is 77.2 Å². The van der Waals surface area contributed by atoms with Crippen LogP contribution in [-0.2, 0) is 0 Å². The Morgan fingerprint density at radius 3 is 1.92 bits per heavy atom. The third-order valence-corrected chi connectivity index (χ3v) is 1.45. The van der Waals surface area contributed by atoms with Gasteiger partial charge in [0, 0.05) is 12.1 Å². The Morgan fingerprint density at radius 1 is 1.17 bits per heavy atom. The van der Waals surface area contributed by atoms with Gasteiger partial charge in [-0.1, -0.05) is 0 Å². The number of hydrogen-bond donors (Lipinski definition) is 3. The van der Waals surface area contributed by atoms with Gasteiger partial charge in [0.15, 0.2) is 0 Å². The van der Waals surface area contributed by atoms with E-state index in [9.17, 15) is 0 Å². The van der Waals surface area contributed by atoms with Crippen LogP contribution in [0.25, 0.3) is 0 Å². The van der Waals surface area contributed by atoms with Crippen molar-refractivity contribution < 1.29 is 10.2 Å². The highest BCUT2D eigenvalue weighted by atomic mass is 35.5. The Hall–Kier alpha value is -0.930. The predicted octanol–water partition coefficient (Wildman–Crippen LogP) is 1.54. The minimum Gasteiger partial charge on any atom is -0.508 e. The maximum absolute atomic E-state index is 9.03. The minimum atomic E-state index is -0.173. The van der Waals surface area contributed by atoms with E-state index in [1.165, 1.54) is 18.2 Å². The first kappa shape index (κ1) is 11.1. The standard InChI is InChI=1S/C8H11NO2.ClH/c1-5(9)6-2-7(10)4-8(11)3-6;/h2-5,10-11H,9H2,1H3;1H/t5-;/m1./s1. The molecular formula is C8H12ClNO2. The lowest BCUT2D eigenvalue weighted by Gasteiger charge is -2.05. The van der Waals surface area contributed by atoms with Crippen molar-refractivity contribution in [2.45, 2.75) is 13.0 Å². The monoisotopic (exact) mass is 189 g/mol. The van der Waals surface area contributed by atoms with Gasteiger partial charge in [-0.2, -0.15) is 0 Å². The first-order valence-corrected chi connectivity index (χ1v) is 3.38. The number of phenolic OH excluding ortho intramolecular Hbond substituents is 2. The summed E-state index contributed by atoms with van der Waals surface area (Å²) in [6.45, 7) is 1.79. The molecule has 0 spiro atoms. The number of phenols is 2. The smallest absolute Gasteiger partial charge is 0.119 e. The summed E-state index contributed by atoms with van der Waals surface area (Å²) in [5, 5.41) is 18.1. The van der Waals surface area contributed by atoms with Crippen LogP contribution in [0.3, 0.4) is 0 Å². The van der Waals surface area contributed by atoms with Gasteiger partial charge in [0.2, 0.25) is 0 Å². The van der Waals surface area contributed by atoms with E-state index >= 15 is 0 Å². The van der Waals surface area contributed by atoms with Crippen LogP contribution in [-0.4, -0.2) is 10.2 Å². The predicted molar refractivity (Wildman–Crippen MR) is 49.6 cm³/mol. The largest absolute Gasteiger partial charge is 0.508 e. The van der Waals surface area contributed by atoms with Crippen LogP contribution in [0.15, 0.2) is 18.2 Å². The van der Waals surface area contributed by atoms with Crippen molar-refractivity contribution in [3.63, 3.8) is 0 Å². The number of halogens is 1. The van der Waals surface area contributed by atoms with Crippen molar-refractivity contribution in [2.24, 2.45) is 5.73 Å². The average molecular weight is 190 g/mol. The Bertz CT molecular complexity index is 243. The summed E-state index contributed by atoms with van der Waals surface area (Å²) < 4.78 is 0. The van der Waals surface area contributed by atoms with E-state index in [1.54, 1.807) is 6.92 Å². The van der Waals surface area contributed by atoms with Gasteiger partial charge in [-0.05, 0) is 24.6 Å². The number of hydrogen-bond acceptors (Lipinski definition) is 3. The second kappa shape index (κ2) is 4.18. The quantitative estimate of drug-likeness (QED) is 0.628. The molecule has 4 N–H and O–H groups in total. The molecule has 1 rings (SSSR count). The minimum absolute atomic E-state index is 0. The third kappa shape index (κ3) is 2.60. The highest BCUT2D eigenvalue weighted by molar-refractivity contribution is 5.85. The van der Waals surface area contributed by atoms with Crippen molar-refractivity contribution >= 4 is 12.4 Å². The summed E-state index contributed by atoms with van der Waals surface area (Å²) >= 11 is 0. The molecule has 3 nitrogen and oxygen atoms in total. The van der Waals surface area contributed by atoms with Crippen LogP contribution in [0.1, 0.15) is 18.5 Å². The first-order chi connectivity index (χ1) is 5.09. The van der Waals surface area contributed by atoms with Crippen molar-refractivity contribution in [1.82, 2.24) is 0 Å². The number of nitrogens with two attached hydrogens (primary N) is 1. The lowest BCUT2D eigenvalue weighted by molar-refractivity contribution is 0.448. The van der Waals surface area contributed by atoms with Crippen LogP contribution in [0.2, 0.25) is 0 Å². The molecule has 0 saturated heterocycles. The maximum atomic E-state index is 9.03. The molecule has 12 heavy (non-hydrogen) atoms. The topological polar surface area (TPSA) is 66.5 Å². The molecule has 1 aromatic rings. The lowest BCUT2D eigenvalue weighted by Crippen LogP contribution is -2.04. The van der Waals surface area contributed by atoms with Crippen molar-refractivity contribution in [1.29, 1.82) is 0 Å². The highest BCUT2D eigenvalue weighted by Gasteiger charge is 2.02. The summed E-state index contributed by atoms with van der Waals surface area (Å²) in [5.74, 6) is 0.0783. The van der Waals surface area contributed by atoms with Crippen LogP contribution in [0, 0.1) is 0 Å². The van der Waals surface area contributed by atoms with E-state index in [2.05, 4.69) is 0 Å². The highest BCUT2D eigenvalue weighted by Crippen LogP contribution is 2.23. The molecule has 0 aromatic heterocycles. The van der Waals surface area contributed by atoms with Crippen LogP contribution in [0.4, 0.5) is 0 Å². The molecule has 0 unspecified atom stereocenters. The zero-order valence-corrected chi connectivity index (χ0v) is 7.51. The van der Waals surface area contributed by atoms with Gasteiger partial charge < -0.3 is 15.9 Å². The van der Waals surface area contributed by atoms with E-state index in [1.807, 2.05) is 0 Å².